The van der Waals surface area contributed by atoms with Crippen molar-refractivity contribution in [3.63, 3.8) is 0 Å². The van der Waals surface area contributed by atoms with Gasteiger partial charge in [-0.05, 0) is 24.3 Å². The molecule has 104 valence electrons. The summed E-state index contributed by atoms with van der Waals surface area (Å²) in [6.07, 6.45) is 0. The first-order chi connectivity index (χ1) is 9.51. The molecule has 1 aromatic carbocycles. The van der Waals surface area contributed by atoms with Gasteiger partial charge in [-0.3, -0.25) is 0 Å². The molecule has 1 heterocycles. The summed E-state index contributed by atoms with van der Waals surface area (Å²) < 4.78 is 5.10. The lowest BCUT2D eigenvalue weighted by atomic mass is 10.2. The molecule has 0 unspecified atom stereocenters. The van der Waals surface area contributed by atoms with E-state index < -0.39 is 5.97 Å². The van der Waals surface area contributed by atoms with E-state index in [9.17, 15) is 4.79 Å². The van der Waals surface area contributed by atoms with Gasteiger partial charge in [-0.25, -0.2) is 9.78 Å². The molecule has 0 atom stereocenters. The number of carboxylic acid groups (broad SMARTS) is 1. The molecule has 0 fully saturated rings. The smallest absolute Gasteiger partial charge is 0.354 e. The predicted molar refractivity (Wildman–Crippen MR) is 76.9 cm³/mol. The summed E-state index contributed by atoms with van der Waals surface area (Å²) in [6, 6.07) is 7.84. The zero-order valence-corrected chi connectivity index (χ0v) is 11.3. The summed E-state index contributed by atoms with van der Waals surface area (Å²) in [5.41, 5.74) is 6.64. The number of nitrogens with two attached hydrogens (primary N) is 1. The number of methoxy groups -OCH3 is 1. The first-order valence-corrected chi connectivity index (χ1v) is 5.99. The highest BCUT2D eigenvalue weighted by Gasteiger charge is 2.10. The summed E-state index contributed by atoms with van der Waals surface area (Å²) in [4.78, 5) is 14.8. The quantitative estimate of drug-likeness (QED) is 0.802. The van der Waals surface area contributed by atoms with Gasteiger partial charge in [0.2, 0.25) is 0 Å². The number of nitrogen functional groups attached to an aromatic ring is 1. The Labute approximate surface area is 120 Å². The normalized spacial score (nSPS) is 10.1. The van der Waals surface area contributed by atoms with E-state index >= 15 is 0 Å². The van der Waals surface area contributed by atoms with Crippen molar-refractivity contribution in [3.8, 4) is 5.75 Å². The second kappa shape index (κ2) is 5.66. The first kappa shape index (κ1) is 14.0. The lowest BCUT2D eigenvalue weighted by Crippen LogP contribution is -2.05. The molecular formula is C13H12ClN3O3. The van der Waals surface area contributed by atoms with Crippen LogP contribution in [0.15, 0.2) is 30.3 Å². The number of nitrogens with one attached hydrogen (secondary N) is 1. The van der Waals surface area contributed by atoms with Crippen molar-refractivity contribution >= 4 is 34.8 Å². The van der Waals surface area contributed by atoms with E-state index in [1.165, 1.54) is 19.2 Å². The average molecular weight is 294 g/mol. The first-order valence-electron chi connectivity index (χ1n) is 5.61. The van der Waals surface area contributed by atoms with Crippen LogP contribution in [0.4, 0.5) is 17.2 Å². The summed E-state index contributed by atoms with van der Waals surface area (Å²) in [5.74, 6) is -0.374. The highest BCUT2D eigenvalue weighted by molar-refractivity contribution is 6.32. The fourth-order valence-electron chi connectivity index (χ4n) is 1.56. The molecule has 0 spiro atoms. The van der Waals surface area contributed by atoms with E-state index in [1.54, 1.807) is 18.2 Å². The Bertz CT molecular complexity index is 661. The van der Waals surface area contributed by atoms with E-state index in [0.29, 0.717) is 22.1 Å². The molecule has 0 saturated heterocycles. The van der Waals surface area contributed by atoms with Crippen LogP contribution in [0.3, 0.4) is 0 Å². The van der Waals surface area contributed by atoms with Crippen LogP contribution >= 0.6 is 11.6 Å². The van der Waals surface area contributed by atoms with Gasteiger partial charge in [0.1, 0.15) is 5.75 Å². The minimum atomic E-state index is -1.12. The van der Waals surface area contributed by atoms with Gasteiger partial charge >= 0.3 is 5.97 Å². The van der Waals surface area contributed by atoms with E-state index in [4.69, 9.17) is 27.2 Å². The Morgan fingerprint density at radius 2 is 2.15 bits per heavy atom. The van der Waals surface area contributed by atoms with E-state index in [0.717, 1.165) is 0 Å². The fraction of sp³-hybridized carbons (Fsp3) is 0.0769. The van der Waals surface area contributed by atoms with Gasteiger partial charge in [0, 0.05) is 11.8 Å². The Morgan fingerprint density at radius 1 is 1.40 bits per heavy atom. The molecule has 2 aromatic rings. The SMILES string of the molecule is COc1cc(Nc2nc(C(=O)O)ccc2N)ccc1Cl. The molecule has 6 nitrogen and oxygen atoms in total. The van der Waals surface area contributed by atoms with Gasteiger partial charge in [-0.2, -0.15) is 0 Å². The highest BCUT2D eigenvalue weighted by atomic mass is 35.5. The van der Waals surface area contributed by atoms with Crippen molar-refractivity contribution in [1.82, 2.24) is 4.98 Å². The number of halogens is 1. The van der Waals surface area contributed by atoms with Gasteiger partial charge < -0.3 is 20.9 Å². The number of benzene rings is 1. The van der Waals surface area contributed by atoms with Crippen molar-refractivity contribution < 1.29 is 14.6 Å². The fourth-order valence-corrected chi connectivity index (χ4v) is 1.76. The molecule has 7 heteroatoms. The minimum absolute atomic E-state index is 0.0948. The van der Waals surface area contributed by atoms with Crippen molar-refractivity contribution in [2.45, 2.75) is 0 Å². The van der Waals surface area contributed by atoms with Crippen LogP contribution in [0.25, 0.3) is 0 Å². The third-order valence-corrected chi connectivity index (χ3v) is 2.87. The monoisotopic (exact) mass is 293 g/mol. The maximum absolute atomic E-state index is 10.9. The Morgan fingerprint density at radius 3 is 2.80 bits per heavy atom. The molecule has 0 aliphatic rings. The molecule has 0 radical (unpaired) electrons. The van der Waals surface area contributed by atoms with Gasteiger partial charge in [-0.1, -0.05) is 11.6 Å². The van der Waals surface area contributed by atoms with Gasteiger partial charge in [0.25, 0.3) is 0 Å². The number of aromatic carboxylic acids is 1. The zero-order chi connectivity index (χ0) is 14.7. The lowest BCUT2D eigenvalue weighted by Gasteiger charge is -2.11. The second-order valence-corrected chi connectivity index (χ2v) is 4.32. The number of anilines is 3. The van der Waals surface area contributed by atoms with Gasteiger partial charge in [-0.15, -0.1) is 0 Å². The third kappa shape index (κ3) is 2.92. The molecular weight excluding hydrogens is 282 g/mol. The van der Waals surface area contributed by atoms with Crippen LogP contribution in [-0.4, -0.2) is 23.2 Å². The van der Waals surface area contributed by atoms with Gasteiger partial charge in [0.05, 0.1) is 17.8 Å². The molecule has 1 aromatic heterocycles. The van der Waals surface area contributed by atoms with Crippen molar-refractivity contribution in [2.24, 2.45) is 0 Å². The van der Waals surface area contributed by atoms with Crippen molar-refractivity contribution in [3.05, 3.63) is 41.0 Å². The molecule has 2 rings (SSSR count). The van der Waals surface area contributed by atoms with Crippen molar-refractivity contribution in [2.75, 3.05) is 18.2 Å². The Kier molecular flexibility index (Phi) is 3.95. The number of hydrogen-bond acceptors (Lipinski definition) is 5. The standard InChI is InChI=1S/C13H12ClN3O3/c1-20-11-6-7(2-3-8(11)14)16-12-9(15)4-5-10(17-12)13(18)19/h2-6H,15H2,1H3,(H,16,17)(H,18,19). The summed E-state index contributed by atoms with van der Waals surface area (Å²) in [5, 5.41) is 12.3. The molecule has 0 bridgehead atoms. The summed E-state index contributed by atoms with van der Waals surface area (Å²) in [6.45, 7) is 0. The number of carboxylic acids is 1. The molecule has 0 aliphatic heterocycles. The van der Waals surface area contributed by atoms with Gasteiger partial charge in [0.15, 0.2) is 11.5 Å². The van der Waals surface area contributed by atoms with E-state index in [2.05, 4.69) is 10.3 Å². The average Bonchev–Trinajstić information content (AvgIpc) is 2.43. The Hall–Kier alpha value is -2.47. The number of nitrogens with zero attached hydrogens (tertiary/aromatic N) is 1. The van der Waals surface area contributed by atoms with Crippen LogP contribution < -0.4 is 15.8 Å². The van der Waals surface area contributed by atoms with Crippen LogP contribution in [0.1, 0.15) is 10.5 Å². The van der Waals surface area contributed by atoms with Crippen LogP contribution in [0.5, 0.6) is 5.75 Å². The minimum Gasteiger partial charge on any atom is -0.495 e. The van der Waals surface area contributed by atoms with E-state index in [1.807, 2.05) is 0 Å². The number of rotatable bonds is 4. The van der Waals surface area contributed by atoms with Crippen LogP contribution in [0.2, 0.25) is 5.02 Å². The molecule has 0 saturated carbocycles. The number of ether oxygens (including phenoxy) is 1. The maximum Gasteiger partial charge on any atom is 0.354 e. The van der Waals surface area contributed by atoms with Crippen LogP contribution in [-0.2, 0) is 0 Å². The number of carbonyl (C=O) groups is 1. The summed E-state index contributed by atoms with van der Waals surface area (Å²) in [7, 11) is 1.50. The van der Waals surface area contributed by atoms with Crippen molar-refractivity contribution in [1.29, 1.82) is 0 Å². The zero-order valence-electron chi connectivity index (χ0n) is 10.6. The molecule has 0 amide bonds. The van der Waals surface area contributed by atoms with E-state index in [-0.39, 0.29) is 11.5 Å². The highest BCUT2D eigenvalue weighted by Crippen LogP contribution is 2.29. The molecule has 4 N–H and O–H groups in total. The topological polar surface area (TPSA) is 97.5 Å². The van der Waals surface area contributed by atoms with Crippen LogP contribution in [0, 0.1) is 0 Å². The maximum atomic E-state index is 10.9. The summed E-state index contributed by atoms with van der Waals surface area (Å²) >= 11 is 5.93. The lowest BCUT2D eigenvalue weighted by molar-refractivity contribution is 0.0690. The molecule has 20 heavy (non-hydrogen) atoms. The Balaban J connectivity index is 2.34. The number of pyridine rings is 1. The second-order valence-electron chi connectivity index (χ2n) is 3.91. The number of aromatic nitrogens is 1. The molecule has 0 aliphatic carbocycles. The largest absolute Gasteiger partial charge is 0.495 e. The predicted octanol–water partition coefficient (Wildman–Crippen LogP) is 2.77. The third-order valence-electron chi connectivity index (χ3n) is 2.56. The number of hydrogen-bond donors (Lipinski definition) is 3.